The highest BCUT2D eigenvalue weighted by atomic mass is 16.5. The van der Waals surface area contributed by atoms with Gasteiger partial charge in [-0.1, -0.05) is 30.3 Å². The molecule has 2 rings (SSSR count). The van der Waals surface area contributed by atoms with E-state index in [1.807, 2.05) is 30.3 Å². The molecule has 86 valence electrons. The Morgan fingerprint density at radius 1 is 1.50 bits per heavy atom. The summed E-state index contributed by atoms with van der Waals surface area (Å²) in [6.45, 7) is 2.21. The zero-order valence-corrected chi connectivity index (χ0v) is 9.35. The number of esters is 1. The summed E-state index contributed by atoms with van der Waals surface area (Å²) in [6.07, 6.45) is 0.687. The van der Waals surface area contributed by atoms with Gasteiger partial charge >= 0.3 is 5.97 Å². The lowest BCUT2D eigenvalue weighted by molar-refractivity contribution is -0.146. The van der Waals surface area contributed by atoms with E-state index in [1.54, 1.807) is 6.92 Å². The van der Waals surface area contributed by atoms with E-state index in [0.717, 1.165) is 5.56 Å². The maximum Gasteiger partial charge on any atom is 0.316 e. The van der Waals surface area contributed by atoms with Gasteiger partial charge in [0.05, 0.1) is 12.0 Å². The molecule has 0 unspecified atom stereocenters. The van der Waals surface area contributed by atoms with Crippen LogP contribution in [0.4, 0.5) is 0 Å². The summed E-state index contributed by atoms with van der Waals surface area (Å²) in [5.74, 6) is -0.200. The highest BCUT2D eigenvalue weighted by Crippen LogP contribution is 2.54. The van der Waals surface area contributed by atoms with Crippen LogP contribution in [-0.2, 0) is 14.9 Å². The van der Waals surface area contributed by atoms with E-state index >= 15 is 0 Å². The van der Waals surface area contributed by atoms with Crippen molar-refractivity contribution in [2.24, 2.45) is 5.92 Å². The van der Waals surface area contributed by atoms with E-state index < -0.39 is 5.41 Å². The van der Waals surface area contributed by atoms with E-state index in [-0.39, 0.29) is 18.5 Å². The van der Waals surface area contributed by atoms with Gasteiger partial charge in [-0.05, 0) is 18.9 Å². The Balaban J connectivity index is 2.28. The van der Waals surface area contributed by atoms with Crippen molar-refractivity contribution in [3.63, 3.8) is 0 Å². The molecule has 3 nitrogen and oxygen atoms in total. The third kappa shape index (κ3) is 1.61. The molecule has 0 spiro atoms. The van der Waals surface area contributed by atoms with E-state index in [9.17, 15) is 9.90 Å². The Bertz CT molecular complexity index is 374. The summed E-state index contributed by atoms with van der Waals surface area (Å²) in [5.41, 5.74) is 0.360. The molecular weight excluding hydrogens is 204 g/mol. The maximum absolute atomic E-state index is 12.0. The van der Waals surface area contributed by atoms with Crippen molar-refractivity contribution in [3.05, 3.63) is 35.9 Å². The van der Waals surface area contributed by atoms with Crippen LogP contribution in [0.1, 0.15) is 18.9 Å². The van der Waals surface area contributed by atoms with Gasteiger partial charge in [0.25, 0.3) is 0 Å². The molecule has 0 aliphatic heterocycles. The molecule has 3 heteroatoms. The summed E-state index contributed by atoms with van der Waals surface area (Å²) in [4.78, 5) is 12.0. The molecule has 16 heavy (non-hydrogen) atoms. The summed E-state index contributed by atoms with van der Waals surface area (Å²) in [7, 11) is 0. The van der Waals surface area contributed by atoms with Gasteiger partial charge < -0.3 is 9.84 Å². The van der Waals surface area contributed by atoms with Crippen LogP contribution >= 0.6 is 0 Å². The second-order valence-corrected chi connectivity index (χ2v) is 4.14. The molecule has 1 aromatic rings. The Morgan fingerprint density at radius 3 is 2.69 bits per heavy atom. The number of aliphatic hydroxyl groups is 1. The predicted molar refractivity (Wildman–Crippen MR) is 59.9 cm³/mol. The van der Waals surface area contributed by atoms with Crippen molar-refractivity contribution < 1.29 is 14.6 Å². The smallest absolute Gasteiger partial charge is 0.316 e. The first kappa shape index (κ1) is 11.1. The van der Waals surface area contributed by atoms with Crippen molar-refractivity contribution in [1.29, 1.82) is 0 Å². The molecule has 0 amide bonds. The minimum atomic E-state index is -0.591. The van der Waals surface area contributed by atoms with Crippen LogP contribution in [0.2, 0.25) is 0 Å². The lowest BCUT2D eigenvalue weighted by Crippen LogP contribution is -2.26. The Labute approximate surface area is 95.0 Å². The SMILES string of the molecule is CCOC(=O)[C@]1(c2ccccc2)C[C@H]1CO. The number of aliphatic hydroxyl groups excluding tert-OH is 1. The van der Waals surface area contributed by atoms with Gasteiger partial charge in [0, 0.05) is 12.5 Å². The Morgan fingerprint density at radius 2 is 2.19 bits per heavy atom. The minimum Gasteiger partial charge on any atom is -0.465 e. The van der Waals surface area contributed by atoms with Gasteiger partial charge in [-0.25, -0.2) is 0 Å². The Kier molecular flexibility index (Phi) is 2.97. The normalized spacial score (nSPS) is 27.5. The fraction of sp³-hybridized carbons (Fsp3) is 0.462. The number of rotatable bonds is 4. The van der Waals surface area contributed by atoms with Gasteiger partial charge in [0.1, 0.15) is 0 Å². The van der Waals surface area contributed by atoms with Crippen molar-refractivity contribution in [2.45, 2.75) is 18.8 Å². The number of carbonyl (C=O) groups is 1. The van der Waals surface area contributed by atoms with Crippen LogP contribution < -0.4 is 0 Å². The van der Waals surface area contributed by atoms with Crippen molar-refractivity contribution >= 4 is 5.97 Å². The number of carbonyl (C=O) groups excluding carboxylic acids is 1. The Hall–Kier alpha value is -1.35. The first-order chi connectivity index (χ1) is 7.75. The standard InChI is InChI=1S/C13H16O3/c1-2-16-12(15)13(8-11(13)9-14)10-6-4-3-5-7-10/h3-7,11,14H,2,8-9H2,1H3/t11-,13-/m0/s1. The molecule has 2 atom stereocenters. The molecular formula is C13H16O3. The summed E-state index contributed by atoms with van der Waals surface area (Å²) in [6, 6.07) is 9.57. The summed E-state index contributed by atoms with van der Waals surface area (Å²) < 4.78 is 5.11. The molecule has 0 bridgehead atoms. The van der Waals surface area contributed by atoms with Crippen LogP contribution in [0.15, 0.2) is 30.3 Å². The molecule has 1 saturated carbocycles. The van der Waals surface area contributed by atoms with Gasteiger partial charge in [-0.2, -0.15) is 0 Å². The van der Waals surface area contributed by atoms with E-state index in [2.05, 4.69) is 0 Å². The summed E-state index contributed by atoms with van der Waals surface area (Å²) in [5, 5.41) is 9.21. The molecule has 0 saturated heterocycles. The topological polar surface area (TPSA) is 46.5 Å². The van der Waals surface area contributed by atoms with E-state index in [0.29, 0.717) is 13.0 Å². The maximum atomic E-state index is 12.0. The highest BCUT2D eigenvalue weighted by molar-refractivity contribution is 5.87. The molecule has 0 aromatic heterocycles. The lowest BCUT2D eigenvalue weighted by Gasteiger charge is -2.15. The van der Waals surface area contributed by atoms with E-state index in [4.69, 9.17) is 4.74 Å². The fourth-order valence-corrected chi connectivity index (χ4v) is 2.27. The van der Waals surface area contributed by atoms with Crippen LogP contribution in [0.5, 0.6) is 0 Å². The van der Waals surface area contributed by atoms with Gasteiger partial charge in [-0.15, -0.1) is 0 Å². The molecule has 1 N–H and O–H groups in total. The molecule has 1 aliphatic carbocycles. The minimum absolute atomic E-state index is 0.00829. The molecule has 0 radical (unpaired) electrons. The number of benzene rings is 1. The summed E-state index contributed by atoms with van der Waals surface area (Å²) >= 11 is 0. The fourth-order valence-electron chi connectivity index (χ4n) is 2.27. The van der Waals surface area contributed by atoms with Crippen LogP contribution in [-0.4, -0.2) is 24.3 Å². The van der Waals surface area contributed by atoms with Crippen LogP contribution in [0.3, 0.4) is 0 Å². The third-order valence-electron chi connectivity index (χ3n) is 3.25. The van der Waals surface area contributed by atoms with E-state index in [1.165, 1.54) is 0 Å². The first-order valence-corrected chi connectivity index (χ1v) is 5.59. The molecule has 1 aliphatic rings. The lowest BCUT2D eigenvalue weighted by atomic mass is 9.93. The van der Waals surface area contributed by atoms with Crippen LogP contribution in [0.25, 0.3) is 0 Å². The van der Waals surface area contributed by atoms with Crippen molar-refractivity contribution in [2.75, 3.05) is 13.2 Å². The van der Waals surface area contributed by atoms with Gasteiger partial charge in [0.15, 0.2) is 0 Å². The monoisotopic (exact) mass is 220 g/mol. The number of hydrogen-bond donors (Lipinski definition) is 1. The van der Waals surface area contributed by atoms with Gasteiger partial charge in [0.2, 0.25) is 0 Å². The van der Waals surface area contributed by atoms with Crippen molar-refractivity contribution in [1.82, 2.24) is 0 Å². The number of ether oxygens (including phenoxy) is 1. The molecule has 1 fully saturated rings. The average Bonchev–Trinajstić information content (AvgIpc) is 3.06. The van der Waals surface area contributed by atoms with Crippen molar-refractivity contribution in [3.8, 4) is 0 Å². The first-order valence-electron chi connectivity index (χ1n) is 5.59. The van der Waals surface area contributed by atoms with Crippen LogP contribution in [0, 0.1) is 5.92 Å². The van der Waals surface area contributed by atoms with Gasteiger partial charge in [-0.3, -0.25) is 4.79 Å². The largest absolute Gasteiger partial charge is 0.465 e. The number of hydrogen-bond acceptors (Lipinski definition) is 3. The second-order valence-electron chi connectivity index (χ2n) is 4.14. The second kappa shape index (κ2) is 4.26. The molecule has 1 aromatic carbocycles. The highest BCUT2D eigenvalue weighted by Gasteiger charge is 2.61. The average molecular weight is 220 g/mol. The molecule has 0 heterocycles. The third-order valence-corrected chi connectivity index (χ3v) is 3.25. The predicted octanol–water partition coefficient (Wildman–Crippen LogP) is 1.50. The quantitative estimate of drug-likeness (QED) is 0.782. The zero-order chi connectivity index (χ0) is 11.6. The zero-order valence-electron chi connectivity index (χ0n) is 9.35.